The van der Waals surface area contributed by atoms with E-state index in [1.807, 2.05) is 26.0 Å². The number of amides is 1. The summed E-state index contributed by atoms with van der Waals surface area (Å²) >= 11 is 0. The van der Waals surface area contributed by atoms with E-state index in [0.717, 1.165) is 0 Å². The molecule has 0 radical (unpaired) electrons. The van der Waals surface area contributed by atoms with Gasteiger partial charge >= 0.3 is 5.97 Å². The van der Waals surface area contributed by atoms with Crippen molar-refractivity contribution in [3.05, 3.63) is 83.9 Å². The highest BCUT2D eigenvalue weighted by Gasteiger charge is 2.13. The lowest BCUT2D eigenvalue weighted by Crippen LogP contribution is -2.24. The summed E-state index contributed by atoms with van der Waals surface area (Å²) in [7, 11) is 0. The SMILES string of the molecule is CCOc1ccccc1OCC(=O)NN=Cc1ccc(OC(=O)c2ccccc2)c(OCC)c1. The normalized spacial score (nSPS) is 10.5. The predicted octanol–water partition coefficient (Wildman–Crippen LogP) is 4.23. The first-order chi connectivity index (χ1) is 16.6. The van der Waals surface area contributed by atoms with Crippen molar-refractivity contribution in [1.82, 2.24) is 5.43 Å². The Bertz CT molecular complexity index is 1130. The molecule has 0 atom stereocenters. The van der Waals surface area contributed by atoms with Crippen LogP contribution < -0.4 is 24.4 Å². The number of nitrogens with one attached hydrogen (secondary N) is 1. The summed E-state index contributed by atoms with van der Waals surface area (Å²) in [6.45, 7) is 4.35. The number of hydrazone groups is 1. The van der Waals surface area contributed by atoms with Crippen molar-refractivity contribution in [2.45, 2.75) is 13.8 Å². The molecule has 0 unspecified atom stereocenters. The number of hydrogen-bond donors (Lipinski definition) is 1. The molecule has 34 heavy (non-hydrogen) atoms. The molecule has 3 rings (SSSR count). The largest absolute Gasteiger partial charge is 0.490 e. The monoisotopic (exact) mass is 462 g/mol. The van der Waals surface area contributed by atoms with E-state index >= 15 is 0 Å². The standard InChI is InChI=1S/C26H26N2O6/c1-3-31-21-12-8-9-13-22(21)33-18-25(29)28-27-17-19-14-15-23(24(16-19)32-4-2)34-26(30)20-10-6-5-7-11-20/h5-17H,3-4,18H2,1-2H3,(H,28,29). The maximum Gasteiger partial charge on any atom is 0.343 e. The quantitative estimate of drug-likeness (QED) is 0.198. The van der Waals surface area contributed by atoms with Crippen LogP contribution in [0.5, 0.6) is 23.0 Å². The number of rotatable bonds is 11. The van der Waals surface area contributed by atoms with Gasteiger partial charge < -0.3 is 18.9 Å². The van der Waals surface area contributed by atoms with Crippen molar-refractivity contribution in [1.29, 1.82) is 0 Å². The molecule has 0 saturated heterocycles. The molecule has 0 heterocycles. The molecule has 3 aromatic rings. The number of benzene rings is 3. The van der Waals surface area contributed by atoms with E-state index in [2.05, 4.69) is 10.5 Å². The summed E-state index contributed by atoms with van der Waals surface area (Å²) in [6.07, 6.45) is 1.46. The van der Waals surface area contributed by atoms with Crippen LogP contribution in [0, 0.1) is 0 Å². The van der Waals surface area contributed by atoms with Crippen LogP contribution in [-0.4, -0.2) is 37.9 Å². The summed E-state index contributed by atoms with van der Waals surface area (Å²) in [6, 6.07) is 20.8. The zero-order valence-corrected chi connectivity index (χ0v) is 19.0. The lowest BCUT2D eigenvalue weighted by molar-refractivity contribution is -0.123. The summed E-state index contributed by atoms with van der Waals surface area (Å²) < 4.78 is 22.1. The van der Waals surface area contributed by atoms with Gasteiger partial charge in [0.2, 0.25) is 0 Å². The molecule has 0 aromatic heterocycles. The zero-order valence-electron chi connectivity index (χ0n) is 19.0. The molecule has 0 spiro atoms. The Balaban J connectivity index is 1.58. The smallest absolute Gasteiger partial charge is 0.343 e. The van der Waals surface area contributed by atoms with Gasteiger partial charge in [-0.3, -0.25) is 4.79 Å². The second-order valence-corrected chi connectivity index (χ2v) is 6.86. The second kappa shape index (κ2) is 12.6. The molecule has 0 aliphatic heterocycles. The first-order valence-electron chi connectivity index (χ1n) is 10.8. The molecule has 0 bridgehead atoms. The van der Waals surface area contributed by atoms with Gasteiger partial charge in [-0.2, -0.15) is 5.10 Å². The Hall–Kier alpha value is -4.33. The average molecular weight is 463 g/mol. The van der Waals surface area contributed by atoms with Gasteiger partial charge in [-0.1, -0.05) is 30.3 Å². The molecular weight excluding hydrogens is 436 g/mol. The van der Waals surface area contributed by atoms with Crippen LogP contribution in [0.25, 0.3) is 0 Å². The van der Waals surface area contributed by atoms with Crippen LogP contribution in [0.15, 0.2) is 77.9 Å². The lowest BCUT2D eigenvalue weighted by atomic mass is 10.2. The third-order valence-electron chi connectivity index (χ3n) is 4.39. The van der Waals surface area contributed by atoms with E-state index in [9.17, 15) is 9.59 Å². The van der Waals surface area contributed by atoms with Gasteiger partial charge in [-0.25, -0.2) is 10.2 Å². The minimum Gasteiger partial charge on any atom is -0.490 e. The fraction of sp³-hybridized carbons (Fsp3) is 0.192. The first-order valence-corrected chi connectivity index (χ1v) is 10.8. The second-order valence-electron chi connectivity index (χ2n) is 6.86. The number of nitrogens with zero attached hydrogens (tertiary/aromatic N) is 1. The Labute approximate surface area is 198 Å². The van der Waals surface area contributed by atoms with Crippen LogP contribution in [-0.2, 0) is 4.79 Å². The summed E-state index contributed by atoms with van der Waals surface area (Å²) in [5.74, 6) is 0.807. The van der Waals surface area contributed by atoms with Crippen molar-refractivity contribution in [2.75, 3.05) is 19.8 Å². The van der Waals surface area contributed by atoms with E-state index in [0.29, 0.717) is 47.3 Å². The van der Waals surface area contributed by atoms with Gasteiger partial charge in [0, 0.05) is 0 Å². The molecule has 1 N–H and O–H groups in total. The lowest BCUT2D eigenvalue weighted by Gasteiger charge is -2.11. The van der Waals surface area contributed by atoms with Crippen molar-refractivity contribution in [3.63, 3.8) is 0 Å². The van der Waals surface area contributed by atoms with E-state index in [-0.39, 0.29) is 6.61 Å². The van der Waals surface area contributed by atoms with Crippen molar-refractivity contribution >= 4 is 18.1 Å². The molecule has 0 aliphatic carbocycles. The number of esters is 1. The number of ether oxygens (including phenoxy) is 4. The first kappa shape index (κ1) is 24.3. The molecule has 0 fully saturated rings. The summed E-state index contributed by atoms with van der Waals surface area (Å²) in [4.78, 5) is 24.4. The predicted molar refractivity (Wildman–Crippen MR) is 128 cm³/mol. The van der Waals surface area contributed by atoms with E-state index < -0.39 is 11.9 Å². The van der Waals surface area contributed by atoms with Crippen molar-refractivity contribution < 1.29 is 28.5 Å². The minimum atomic E-state index is -0.485. The fourth-order valence-electron chi connectivity index (χ4n) is 2.89. The van der Waals surface area contributed by atoms with Crippen LogP contribution in [0.3, 0.4) is 0 Å². The zero-order chi connectivity index (χ0) is 24.2. The van der Waals surface area contributed by atoms with Gasteiger partial charge in [-0.15, -0.1) is 0 Å². The van der Waals surface area contributed by atoms with Crippen LogP contribution in [0.4, 0.5) is 0 Å². The van der Waals surface area contributed by atoms with Crippen LogP contribution in [0.1, 0.15) is 29.8 Å². The van der Waals surface area contributed by atoms with E-state index in [1.54, 1.807) is 60.7 Å². The fourth-order valence-corrected chi connectivity index (χ4v) is 2.89. The average Bonchev–Trinajstić information content (AvgIpc) is 2.86. The van der Waals surface area contributed by atoms with Crippen LogP contribution >= 0.6 is 0 Å². The number of carbonyl (C=O) groups excluding carboxylic acids is 2. The molecular formula is C26H26N2O6. The topological polar surface area (TPSA) is 95.5 Å². The third kappa shape index (κ3) is 7.09. The third-order valence-corrected chi connectivity index (χ3v) is 4.39. The van der Waals surface area contributed by atoms with Gasteiger partial charge in [0.05, 0.1) is 25.0 Å². The van der Waals surface area contributed by atoms with Crippen molar-refractivity contribution in [2.24, 2.45) is 5.10 Å². The highest BCUT2D eigenvalue weighted by atomic mass is 16.6. The summed E-state index contributed by atoms with van der Waals surface area (Å²) in [5, 5.41) is 3.95. The Kier molecular flexibility index (Phi) is 9.04. The highest BCUT2D eigenvalue weighted by molar-refractivity contribution is 5.91. The van der Waals surface area contributed by atoms with Crippen molar-refractivity contribution in [3.8, 4) is 23.0 Å². The molecule has 8 nitrogen and oxygen atoms in total. The molecule has 0 saturated carbocycles. The summed E-state index contributed by atoms with van der Waals surface area (Å²) in [5.41, 5.74) is 3.49. The number of carbonyl (C=O) groups is 2. The van der Waals surface area contributed by atoms with Gasteiger partial charge in [0.25, 0.3) is 5.91 Å². The van der Waals surface area contributed by atoms with E-state index in [1.165, 1.54) is 6.21 Å². The minimum absolute atomic E-state index is 0.222. The Morgan fingerprint density at radius 3 is 2.15 bits per heavy atom. The van der Waals surface area contributed by atoms with E-state index in [4.69, 9.17) is 18.9 Å². The highest BCUT2D eigenvalue weighted by Crippen LogP contribution is 2.29. The van der Waals surface area contributed by atoms with Gasteiger partial charge in [0.1, 0.15) is 0 Å². The maximum absolute atomic E-state index is 12.4. The van der Waals surface area contributed by atoms with Gasteiger partial charge in [-0.05, 0) is 61.9 Å². The molecule has 8 heteroatoms. The Morgan fingerprint density at radius 1 is 0.794 bits per heavy atom. The van der Waals surface area contributed by atoms with Crippen LogP contribution in [0.2, 0.25) is 0 Å². The maximum atomic E-state index is 12.4. The molecule has 1 amide bonds. The van der Waals surface area contributed by atoms with Gasteiger partial charge in [0.15, 0.2) is 29.6 Å². The molecule has 3 aromatic carbocycles. The Morgan fingerprint density at radius 2 is 1.44 bits per heavy atom. The number of hydrogen-bond acceptors (Lipinski definition) is 7. The number of para-hydroxylation sites is 2. The molecule has 176 valence electrons. The molecule has 0 aliphatic rings.